The third-order valence-corrected chi connectivity index (χ3v) is 3.22. The Morgan fingerprint density at radius 1 is 1.59 bits per heavy atom. The van der Waals surface area contributed by atoms with Crippen molar-refractivity contribution in [3.8, 4) is 0 Å². The fourth-order valence-corrected chi connectivity index (χ4v) is 1.96. The molecule has 0 aliphatic heterocycles. The predicted molar refractivity (Wildman–Crippen MR) is 58.8 cm³/mol. The smallest absolute Gasteiger partial charge is 0.358 e. The summed E-state index contributed by atoms with van der Waals surface area (Å²) in [5, 5.41) is 20.7. The summed E-state index contributed by atoms with van der Waals surface area (Å²) >= 11 is 1.41. The van der Waals surface area contributed by atoms with Crippen molar-refractivity contribution in [1.29, 1.82) is 0 Å². The number of hydrogen-bond acceptors (Lipinski definition) is 6. The molecule has 0 saturated heterocycles. The maximum Gasteiger partial charge on any atom is 0.358 e. The molecule has 0 radical (unpaired) electrons. The molecule has 0 amide bonds. The van der Waals surface area contributed by atoms with E-state index in [1.54, 1.807) is 0 Å². The number of thioether (sulfide) groups is 1. The van der Waals surface area contributed by atoms with E-state index < -0.39 is 5.97 Å². The second kappa shape index (κ2) is 4.58. The van der Waals surface area contributed by atoms with E-state index in [9.17, 15) is 4.79 Å². The van der Waals surface area contributed by atoms with Gasteiger partial charge in [0.1, 0.15) is 11.6 Å². The molecule has 2 heterocycles. The Balaban J connectivity index is 2.02. The van der Waals surface area contributed by atoms with Crippen molar-refractivity contribution in [3.05, 3.63) is 23.3 Å². The molecule has 2 rings (SSSR count). The van der Waals surface area contributed by atoms with Crippen molar-refractivity contribution in [1.82, 2.24) is 19.9 Å². The van der Waals surface area contributed by atoms with Crippen LogP contribution in [0.25, 0.3) is 0 Å². The summed E-state index contributed by atoms with van der Waals surface area (Å²) < 4.78 is 6.73. The number of nitrogens with zero attached hydrogens (tertiary/aromatic N) is 4. The van der Waals surface area contributed by atoms with Crippen LogP contribution in [0.4, 0.5) is 0 Å². The Hall–Kier alpha value is -1.83. The quantitative estimate of drug-likeness (QED) is 0.816. The summed E-state index contributed by atoms with van der Waals surface area (Å²) in [7, 11) is 1.86. The van der Waals surface area contributed by atoms with E-state index in [0.717, 1.165) is 11.0 Å². The van der Waals surface area contributed by atoms with E-state index >= 15 is 0 Å². The molecule has 90 valence electrons. The van der Waals surface area contributed by atoms with Crippen LogP contribution in [0.2, 0.25) is 0 Å². The number of aryl methyl sites for hydroxylation is 1. The van der Waals surface area contributed by atoms with Gasteiger partial charge in [-0.1, -0.05) is 16.9 Å². The topological polar surface area (TPSA) is 94.0 Å². The lowest BCUT2D eigenvalue weighted by Crippen LogP contribution is -1.95. The SMILES string of the molecule is Cc1nnc(SCc2cc(C(=O)O)no2)n1C. The Bertz CT molecular complexity index is 548. The van der Waals surface area contributed by atoms with Crippen LogP contribution in [0, 0.1) is 6.92 Å². The van der Waals surface area contributed by atoms with E-state index in [1.807, 2.05) is 18.5 Å². The van der Waals surface area contributed by atoms with Crippen molar-refractivity contribution in [2.45, 2.75) is 17.8 Å². The van der Waals surface area contributed by atoms with Gasteiger partial charge in [0.25, 0.3) is 0 Å². The van der Waals surface area contributed by atoms with Gasteiger partial charge < -0.3 is 14.2 Å². The van der Waals surface area contributed by atoms with Crippen molar-refractivity contribution in [2.75, 3.05) is 0 Å². The first-order valence-electron chi connectivity index (χ1n) is 4.75. The molecule has 0 aliphatic carbocycles. The van der Waals surface area contributed by atoms with Crippen LogP contribution >= 0.6 is 11.8 Å². The van der Waals surface area contributed by atoms with Gasteiger partial charge in [0.2, 0.25) is 0 Å². The molecule has 0 atom stereocenters. The maximum absolute atomic E-state index is 10.6. The van der Waals surface area contributed by atoms with Crippen LogP contribution in [0.1, 0.15) is 22.1 Å². The summed E-state index contributed by atoms with van der Waals surface area (Å²) in [6, 6.07) is 1.40. The molecule has 0 saturated carbocycles. The summed E-state index contributed by atoms with van der Waals surface area (Å²) in [4.78, 5) is 10.6. The van der Waals surface area contributed by atoms with Gasteiger partial charge >= 0.3 is 5.97 Å². The fourth-order valence-electron chi connectivity index (χ4n) is 1.13. The molecular weight excluding hydrogens is 244 g/mol. The Morgan fingerprint density at radius 3 is 2.88 bits per heavy atom. The third kappa shape index (κ3) is 2.47. The highest BCUT2D eigenvalue weighted by Crippen LogP contribution is 2.21. The summed E-state index contributed by atoms with van der Waals surface area (Å²) in [5.74, 6) is 0.676. The van der Waals surface area contributed by atoms with Crippen LogP contribution in [-0.4, -0.2) is 31.0 Å². The first-order valence-corrected chi connectivity index (χ1v) is 5.74. The number of rotatable bonds is 4. The zero-order valence-corrected chi connectivity index (χ0v) is 10.1. The van der Waals surface area contributed by atoms with Crippen LogP contribution < -0.4 is 0 Å². The molecule has 0 fully saturated rings. The minimum absolute atomic E-state index is 0.0882. The molecule has 2 aromatic rings. The number of aromatic carboxylic acids is 1. The second-order valence-corrected chi connectivity index (χ2v) is 4.30. The van der Waals surface area contributed by atoms with E-state index in [0.29, 0.717) is 11.5 Å². The lowest BCUT2D eigenvalue weighted by molar-refractivity contribution is 0.0685. The largest absolute Gasteiger partial charge is 0.476 e. The molecule has 17 heavy (non-hydrogen) atoms. The van der Waals surface area contributed by atoms with Crippen LogP contribution in [-0.2, 0) is 12.8 Å². The molecular formula is C9H10N4O3S. The average Bonchev–Trinajstić information content (AvgIpc) is 2.86. The molecule has 8 heteroatoms. The summed E-state index contributed by atoms with van der Waals surface area (Å²) in [6.45, 7) is 1.86. The van der Waals surface area contributed by atoms with Gasteiger partial charge in [-0.25, -0.2) is 4.79 Å². The zero-order chi connectivity index (χ0) is 12.4. The third-order valence-electron chi connectivity index (χ3n) is 2.17. The molecule has 2 aromatic heterocycles. The van der Waals surface area contributed by atoms with Crippen molar-refractivity contribution >= 4 is 17.7 Å². The number of aromatic nitrogens is 4. The Kier molecular flexibility index (Phi) is 3.14. The van der Waals surface area contributed by atoms with Crippen LogP contribution in [0.3, 0.4) is 0 Å². The van der Waals surface area contributed by atoms with Gasteiger partial charge in [0.15, 0.2) is 10.9 Å². The number of carboxylic acids is 1. The Morgan fingerprint density at radius 2 is 2.35 bits per heavy atom. The summed E-state index contributed by atoms with van der Waals surface area (Å²) in [5.41, 5.74) is -0.0882. The number of hydrogen-bond donors (Lipinski definition) is 1. The highest BCUT2D eigenvalue weighted by Gasteiger charge is 2.12. The van der Waals surface area contributed by atoms with Gasteiger partial charge in [-0.2, -0.15) is 0 Å². The first-order chi connectivity index (χ1) is 8.08. The van der Waals surface area contributed by atoms with E-state index in [-0.39, 0.29) is 5.69 Å². The molecule has 1 N–H and O–H groups in total. The highest BCUT2D eigenvalue weighted by atomic mass is 32.2. The fraction of sp³-hybridized carbons (Fsp3) is 0.333. The van der Waals surface area contributed by atoms with E-state index in [4.69, 9.17) is 9.63 Å². The standard InChI is InChI=1S/C9H10N4O3S/c1-5-10-11-9(13(5)2)17-4-6-3-7(8(14)15)12-16-6/h3H,4H2,1-2H3,(H,14,15). The second-order valence-electron chi connectivity index (χ2n) is 3.36. The lowest BCUT2D eigenvalue weighted by atomic mass is 10.4. The molecule has 7 nitrogen and oxygen atoms in total. The van der Waals surface area contributed by atoms with Crippen LogP contribution in [0.5, 0.6) is 0 Å². The molecule has 0 aromatic carbocycles. The van der Waals surface area contributed by atoms with Gasteiger partial charge in [-0.05, 0) is 6.92 Å². The average molecular weight is 254 g/mol. The van der Waals surface area contributed by atoms with Gasteiger partial charge in [0, 0.05) is 13.1 Å². The molecule has 0 aliphatic rings. The molecule has 0 unspecified atom stereocenters. The lowest BCUT2D eigenvalue weighted by Gasteiger charge is -1.98. The molecule has 0 bridgehead atoms. The van der Waals surface area contributed by atoms with Crippen LogP contribution in [0.15, 0.2) is 15.7 Å². The zero-order valence-electron chi connectivity index (χ0n) is 9.25. The van der Waals surface area contributed by atoms with Gasteiger partial charge in [-0.15, -0.1) is 10.2 Å². The van der Waals surface area contributed by atoms with E-state index in [1.165, 1.54) is 17.8 Å². The van der Waals surface area contributed by atoms with E-state index in [2.05, 4.69) is 15.4 Å². The number of carbonyl (C=O) groups is 1. The minimum atomic E-state index is -1.10. The Labute approximate surface area is 101 Å². The van der Waals surface area contributed by atoms with Crippen molar-refractivity contribution in [2.24, 2.45) is 7.05 Å². The monoisotopic (exact) mass is 254 g/mol. The first kappa shape index (κ1) is 11.6. The number of carboxylic acid groups (broad SMARTS) is 1. The van der Waals surface area contributed by atoms with Gasteiger partial charge in [0.05, 0.1) is 5.75 Å². The molecule has 0 spiro atoms. The van der Waals surface area contributed by atoms with Gasteiger partial charge in [-0.3, -0.25) is 0 Å². The highest BCUT2D eigenvalue weighted by molar-refractivity contribution is 7.98. The maximum atomic E-state index is 10.6. The predicted octanol–water partition coefficient (Wildman–Crippen LogP) is 1.10. The summed E-state index contributed by atoms with van der Waals surface area (Å²) in [6.07, 6.45) is 0. The van der Waals surface area contributed by atoms with Crippen molar-refractivity contribution in [3.63, 3.8) is 0 Å². The normalized spacial score (nSPS) is 10.7. The minimum Gasteiger partial charge on any atom is -0.476 e. The van der Waals surface area contributed by atoms with Crippen molar-refractivity contribution < 1.29 is 14.4 Å².